The number of aromatic nitrogens is 2. The number of imidazole rings is 1. The number of nitrogens with one attached hydrogen (secondary N) is 1. The van der Waals surface area contributed by atoms with Gasteiger partial charge in [-0.2, -0.15) is 13.2 Å². The number of nitrogens with zero attached hydrogens (tertiary/aromatic N) is 2. The number of amides is 1. The molecule has 1 amide bonds. The Hall–Kier alpha value is -4.35. The molecule has 0 spiro atoms. The maximum Gasteiger partial charge on any atom is 0.449 e. The number of alkyl halides is 3. The van der Waals surface area contributed by atoms with E-state index >= 15 is 0 Å². The van der Waals surface area contributed by atoms with Crippen molar-refractivity contribution in [2.24, 2.45) is 0 Å². The van der Waals surface area contributed by atoms with Gasteiger partial charge in [-0.15, -0.1) is 0 Å². The molecule has 4 rings (SSSR count). The van der Waals surface area contributed by atoms with E-state index in [1.165, 1.54) is 42.5 Å². The Morgan fingerprint density at radius 3 is 2.63 bits per heavy atom. The van der Waals surface area contributed by atoms with Crippen LogP contribution in [0.15, 0.2) is 57.7 Å². The molecule has 2 aromatic heterocycles. The van der Waals surface area contributed by atoms with E-state index in [1.807, 2.05) is 0 Å². The Morgan fingerprint density at radius 1 is 1.11 bits per heavy atom. The lowest BCUT2D eigenvalue weighted by molar-refractivity contribution is -0.151. The van der Waals surface area contributed by atoms with Crippen LogP contribution in [0.4, 0.5) is 23.7 Å². The van der Waals surface area contributed by atoms with Gasteiger partial charge in [0.25, 0.3) is 0 Å². The Kier molecular flexibility index (Phi) is 6.45. The SMILES string of the molecule is CCOC(=O)Nc1ccc2c(COC(=O)Cn3c(C(F)(F)F)nc4ccccc43)cc(=O)oc2c1. The topological polar surface area (TPSA) is 113 Å². The number of hydrogen-bond acceptors (Lipinski definition) is 7. The lowest BCUT2D eigenvalue weighted by Gasteiger charge is -2.12. The highest BCUT2D eigenvalue weighted by molar-refractivity contribution is 5.90. The molecule has 0 bridgehead atoms. The van der Waals surface area contributed by atoms with E-state index in [-0.39, 0.29) is 35.4 Å². The van der Waals surface area contributed by atoms with E-state index in [0.29, 0.717) is 11.1 Å². The Morgan fingerprint density at radius 2 is 1.89 bits per heavy atom. The van der Waals surface area contributed by atoms with Gasteiger partial charge in [-0.25, -0.2) is 14.6 Å². The van der Waals surface area contributed by atoms with Crippen molar-refractivity contribution >= 4 is 39.8 Å². The van der Waals surface area contributed by atoms with Crippen LogP contribution in [0, 0.1) is 0 Å². The minimum atomic E-state index is -4.77. The minimum Gasteiger partial charge on any atom is -0.459 e. The molecule has 0 atom stereocenters. The number of carbonyl (C=O) groups is 2. The largest absolute Gasteiger partial charge is 0.459 e. The molecule has 35 heavy (non-hydrogen) atoms. The second kappa shape index (κ2) is 9.49. The average molecular weight is 489 g/mol. The first kappa shape index (κ1) is 23.8. The molecule has 0 saturated heterocycles. The van der Waals surface area contributed by atoms with E-state index in [0.717, 1.165) is 10.6 Å². The number of halogens is 3. The molecule has 12 heteroatoms. The predicted molar refractivity (Wildman–Crippen MR) is 118 cm³/mol. The smallest absolute Gasteiger partial charge is 0.449 e. The van der Waals surface area contributed by atoms with Crippen molar-refractivity contribution in [2.45, 2.75) is 26.3 Å². The molecule has 0 fully saturated rings. The fraction of sp³-hybridized carbons (Fsp3) is 0.217. The first-order chi connectivity index (χ1) is 16.7. The maximum absolute atomic E-state index is 13.4. The van der Waals surface area contributed by atoms with Crippen molar-refractivity contribution in [3.63, 3.8) is 0 Å². The van der Waals surface area contributed by atoms with Gasteiger partial charge in [0, 0.05) is 28.8 Å². The lowest BCUT2D eigenvalue weighted by Crippen LogP contribution is -2.20. The molecule has 2 aromatic carbocycles. The van der Waals surface area contributed by atoms with Crippen LogP contribution in [-0.4, -0.2) is 28.2 Å². The van der Waals surface area contributed by atoms with E-state index in [2.05, 4.69) is 10.3 Å². The first-order valence-electron chi connectivity index (χ1n) is 10.3. The third kappa shape index (κ3) is 5.26. The number of anilines is 1. The number of ether oxygens (including phenoxy) is 2. The number of hydrogen-bond donors (Lipinski definition) is 1. The average Bonchev–Trinajstić information content (AvgIpc) is 3.16. The molecule has 0 aliphatic heterocycles. The quantitative estimate of drug-likeness (QED) is 0.314. The zero-order chi connectivity index (χ0) is 25.2. The van der Waals surface area contributed by atoms with Gasteiger partial charge in [-0.05, 0) is 31.2 Å². The van der Waals surface area contributed by atoms with Crippen LogP contribution >= 0.6 is 0 Å². The number of rotatable bonds is 6. The number of benzene rings is 2. The van der Waals surface area contributed by atoms with Gasteiger partial charge < -0.3 is 18.5 Å². The van der Waals surface area contributed by atoms with Crippen LogP contribution < -0.4 is 10.9 Å². The molecule has 0 unspecified atom stereocenters. The van der Waals surface area contributed by atoms with Crippen LogP contribution in [0.5, 0.6) is 0 Å². The van der Waals surface area contributed by atoms with E-state index < -0.39 is 36.2 Å². The van der Waals surface area contributed by atoms with Gasteiger partial charge in [0.15, 0.2) is 0 Å². The van der Waals surface area contributed by atoms with Crippen molar-refractivity contribution in [2.75, 3.05) is 11.9 Å². The number of esters is 1. The predicted octanol–water partition coefficient (Wildman–Crippen LogP) is 4.47. The van der Waals surface area contributed by atoms with Crippen molar-refractivity contribution in [3.05, 3.63) is 70.3 Å². The van der Waals surface area contributed by atoms with E-state index in [4.69, 9.17) is 13.9 Å². The summed E-state index contributed by atoms with van der Waals surface area (Å²) in [6.45, 7) is 0.692. The van der Waals surface area contributed by atoms with E-state index in [1.54, 1.807) is 6.92 Å². The molecule has 0 aliphatic carbocycles. The highest BCUT2D eigenvalue weighted by atomic mass is 19.4. The van der Waals surface area contributed by atoms with Gasteiger partial charge >= 0.3 is 23.9 Å². The highest BCUT2D eigenvalue weighted by Gasteiger charge is 2.38. The summed E-state index contributed by atoms with van der Waals surface area (Å²) in [5, 5.41) is 2.88. The third-order valence-electron chi connectivity index (χ3n) is 4.94. The normalized spacial score (nSPS) is 11.5. The third-order valence-corrected chi connectivity index (χ3v) is 4.94. The molecular weight excluding hydrogens is 471 g/mol. The second-order valence-corrected chi connectivity index (χ2v) is 7.32. The van der Waals surface area contributed by atoms with Crippen LogP contribution in [0.3, 0.4) is 0 Å². The Labute approximate surface area is 195 Å². The highest BCUT2D eigenvalue weighted by Crippen LogP contribution is 2.31. The van der Waals surface area contributed by atoms with Crippen LogP contribution in [-0.2, 0) is 33.6 Å². The number of para-hydroxylation sites is 2. The molecule has 2 heterocycles. The van der Waals surface area contributed by atoms with Crippen LogP contribution in [0.2, 0.25) is 0 Å². The standard InChI is InChI=1S/C23H18F3N3O6/c1-2-33-22(32)27-14-7-8-15-13(9-19(30)35-18(15)10-14)12-34-20(31)11-29-17-6-4-3-5-16(17)28-21(29)23(24,25)26/h3-10H,2,11-12H2,1H3,(H,27,32). The number of carbonyl (C=O) groups excluding carboxylic acids is 2. The van der Waals surface area contributed by atoms with Gasteiger partial charge in [0.2, 0.25) is 5.82 Å². The zero-order valence-corrected chi connectivity index (χ0v) is 18.2. The van der Waals surface area contributed by atoms with E-state index in [9.17, 15) is 27.6 Å². The summed E-state index contributed by atoms with van der Waals surface area (Å²) in [4.78, 5) is 39.6. The number of fused-ring (bicyclic) bond motifs is 2. The molecular formula is C23H18F3N3O6. The Balaban J connectivity index is 1.55. The second-order valence-electron chi connectivity index (χ2n) is 7.32. The minimum absolute atomic E-state index is 0.0894. The molecule has 9 nitrogen and oxygen atoms in total. The van der Waals surface area contributed by atoms with Gasteiger partial charge in [-0.3, -0.25) is 10.1 Å². The summed E-state index contributed by atoms with van der Waals surface area (Å²) < 4.78 is 56.2. The summed E-state index contributed by atoms with van der Waals surface area (Å²) in [6, 6.07) is 11.5. The summed E-state index contributed by atoms with van der Waals surface area (Å²) in [6.07, 6.45) is -5.46. The van der Waals surface area contributed by atoms with Crippen LogP contribution in [0.25, 0.3) is 22.0 Å². The van der Waals surface area contributed by atoms with Crippen molar-refractivity contribution in [1.29, 1.82) is 0 Å². The summed E-state index contributed by atoms with van der Waals surface area (Å²) in [5.74, 6) is -2.18. The lowest BCUT2D eigenvalue weighted by atomic mass is 10.1. The summed E-state index contributed by atoms with van der Waals surface area (Å²) in [7, 11) is 0. The molecule has 182 valence electrons. The van der Waals surface area contributed by atoms with Crippen molar-refractivity contribution in [3.8, 4) is 0 Å². The first-order valence-corrected chi connectivity index (χ1v) is 10.3. The van der Waals surface area contributed by atoms with Crippen LogP contribution in [0.1, 0.15) is 18.3 Å². The fourth-order valence-corrected chi connectivity index (χ4v) is 3.50. The Bertz CT molecular complexity index is 1480. The molecule has 1 N–H and O–H groups in total. The monoisotopic (exact) mass is 489 g/mol. The summed E-state index contributed by atoms with van der Waals surface area (Å²) in [5.41, 5.74) is 0.170. The van der Waals surface area contributed by atoms with Crippen molar-refractivity contribution in [1.82, 2.24) is 9.55 Å². The maximum atomic E-state index is 13.4. The molecule has 0 saturated carbocycles. The molecule has 4 aromatic rings. The van der Waals surface area contributed by atoms with Crippen molar-refractivity contribution < 1.29 is 36.7 Å². The molecule has 0 radical (unpaired) electrons. The van der Waals surface area contributed by atoms with Gasteiger partial charge in [0.1, 0.15) is 18.7 Å². The van der Waals surface area contributed by atoms with Gasteiger partial charge in [0.05, 0.1) is 17.6 Å². The fourth-order valence-electron chi connectivity index (χ4n) is 3.50. The summed E-state index contributed by atoms with van der Waals surface area (Å²) >= 11 is 0. The molecule has 0 aliphatic rings. The van der Waals surface area contributed by atoms with Gasteiger partial charge in [-0.1, -0.05) is 12.1 Å². The zero-order valence-electron chi connectivity index (χ0n) is 18.2.